The van der Waals surface area contributed by atoms with Crippen LogP contribution in [0.25, 0.3) is 6.08 Å². The number of nitro groups is 1. The Morgan fingerprint density at radius 1 is 1.06 bits per heavy atom. The van der Waals surface area contributed by atoms with E-state index in [1.807, 2.05) is 13.0 Å². The minimum Gasteiger partial charge on any atom is -0.490 e. The van der Waals surface area contributed by atoms with Gasteiger partial charge in [-0.2, -0.15) is 0 Å². The molecule has 0 unspecified atom stereocenters. The number of nitrogens with zero attached hydrogens (tertiary/aromatic N) is 2. The van der Waals surface area contributed by atoms with E-state index in [9.17, 15) is 19.7 Å². The SMILES string of the molecule is CCOc1cc(/C=C2/C(=O)NN(c3ccccc3)C2=O)cc(I)c1OCc1cccc([N+](=O)[O-])c1. The van der Waals surface area contributed by atoms with Gasteiger partial charge in [-0.05, 0) is 71.0 Å². The molecule has 2 amide bonds. The molecule has 1 saturated heterocycles. The fourth-order valence-corrected chi connectivity index (χ4v) is 4.25. The van der Waals surface area contributed by atoms with E-state index in [1.54, 1.807) is 48.5 Å². The summed E-state index contributed by atoms with van der Waals surface area (Å²) in [5.41, 5.74) is 4.35. The van der Waals surface area contributed by atoms with Gasteiger partial charge < -0.3 is 9.47 Å². The second-order valence-corrected chi connectivity index (χ2v) is 8.62. The van der Waals surface area contributed by atoms with E-state index in [1.165, 1.54) is 23.2 Å². The number of nitro benzene ring substituents is 1. The van der Waals surface area contributed by atoms with Crippen LogP contribution >= 0.6 is 22.6 Å². The zero-order chi connectivity index (χ0) is 24.9. The van der Waals surface area contributed by atoms with Crippen molar-refractivity contribution in [3.05, 3.63) is 97.1 Å². The van der Waals surface area contributed by atoms with Gasteiger partial charge in [-0.25, -0.2) is 5.01 Å². The van der Waals surface area contributed by atoms with E-state index in [0.29, 0.717) is 38.5 Å². The van der Waals surface area contributed by atoms with Crippen molar-refractivity contribution in [1.82, 2.24) is 5.43 Å². The molecule has 1 aliphatic rings. The normalized spacial score (nSPS) is 14.2. The Balaban J connectivity index is 1.60. The maximum atomic E-state index is 12.9. The highest BCUT2D eigenvalue weighted by molar-refractivity contribution is 14.1. The summed E-state index contributed by atoms with van der Waals surface area (Å²) in [7, 11) is 0. The summed E-state index contributed by atoms with van der Waals surface area (Å²) < 4.78 is 12.4. The van der Waals surface area contributed by atoms with Gasteiger partial charge >= 0.3 is 0 Å². The van der Waals surface area contributed by atoms with Crippen molar-refractivity contribution < 1.29 is 24.0 Å². The summed E-state index contributed by atoms with van der Waals surface area (Å²) in [4.78, 5) is 36.0. The highest BCUT2D eigenvalue weighted by Crippen LogP contribution is 2.36. The molecule has 10 heteroatoms. The molecule has 1 heterocycles. The third-order valence-electron chi connectivity index (χ3n) is 5.05. The number of benzene rings is 3. The summed E-state index contributed by atoms with van der Waals surface area (Å²) in [6, 6.07) is 18.5. The number of hydrazine groups is 1. The summed E-state index contributed by atoms with van der Waals surface area (Å²) >= 11 is 2.08. The summed E-state index contributed by atoms with van der Waals surface area (Å²) in [6.45, 7) is 2.30. The van der Waals surface area contributed by atoms with Crippen molar-refractivity contribution in [3.8, 4) is 11.5 Å². The van der Waals surface area contributed by atoms with Gasteiger partial charge in [0.1, 0.15) is 12.2 Å². The van der Waals surface area contributed by atoms with Crippen molar-refractivity contribution in [2.75, 3.05) is 11.6 Å². The van der Waals surface area contributed by atoms with Crippen LogP contribution in [-0.2, 0) is 16.2 Å². The molecule has 35 heavy (non-hydrogen) atoms. The quantitative estimate of drug-likeness (QED) is 0.136. The van der Waals surface area contributed by atoms with E-state index in [4.69, 9.17) is 9.47 Å². The van der Waals surface area contributed by atoms with Crippen LogP contribution in [0.2, 0.25) is 0 Å². The molecular weight excluding hydrogens is 565 g/mol. The van der Waals surface area contributed by atoms with Crippen LogP contribution in [0.3, 0.4) is 0 Å². The first-order valence-corrected chi connectivity index (χ1v) is 11.7. The maximum Gasteiger partial charge on any atom is 0.282 e. The number of ether oxygens (including phenoxy) is 2. The standard InChI is InChI=1S/C25H20IN3O6/c1-2-34-22-14-17(12-20-24(30)27-28(25(20)31)18-8-4-3-5-9-18)13-21(26)23(22)35-15-16-7-6-10-19(11-16)29(32)33/h3-14H,2,15H2,1H3,(H,27,30)/b20-12-. The first-order chi connectivity index (χ1) is 16.9. The molecule has 9 nitrogen and oxygen atoms in total. The van der Waals surface area contributed by atoms with Gasteiger partial charge in [0.2, 0.25) is 0 Å². The molecule has 3 aromatic rings. The smallest absolute Gasteiger partial charge is 0.282 e. The molecule has 1 aliphatic heterocycles. The van der Waals surface area contributed by atoms with E-state index in [2.05, 4.69) is 28.0 Å². The number of rotatable bonds is 8. The van der Waals surface area contributed by atoms with Crippen LogP contribution in [0.15, 0.2) is 72.3 Å². The molecule has 4 rings (SSSR count). The van der Waals surface area contributed by atoms with E-state index < -0.39 is 16.7 Å². The number of halogens is 1. The highest BCUT2D eigenvalue weighted by Gasteiger charge is 2.34. The van der Waals surface area contributed by atoms with Gasteiger partial charge in [0, 0.05) is 12.1 Å². The van der Waals surface area contributed by atoms with E-state index in [0.717, 1.165) is 0 Å². The minimum absolute atomic E-state index is 0.00244. The lowest BCUT2D eigenvalue weighted by Crippen LogP contribution is -2.35. The molecule has 0 radical (unpaired) electrons. The number of non-ortho nitro benzene ring substituents is 1. The lowest BCUT2D eigenvalue weighted by atomic mass is 10.1. The number of anilines is 1. The fourth-order valence-electron chi connectivity index (χ4n) is 3.47. The van der Waals surface area contributed by atoms with Gasteiger partial charge in [-0.1, -0.05) is 30.3 Å². The van der Waals surface area contributed by atoms with Crippen LogP contribution in [0.5, 0.6) is 11.5 Å². The molecule has 0 aromatic heterocycles. The van der Waals surface area contributed by atoms with Crippen LogP contribution in [0.1, 0.15) is 18.1 Å². The number of hydrogen-bond donors (Lipinski definition) is 1. The first-order valence-electron chi connectivity index (χ1n) is 10.6. The van der Waals surface area contributed by atoms with Crippen molar-refractivity contribution >= 4 is 51.9 Å². The molecule has 0 saturated carbocycles. The second-order valence-electron chi connectivity index (χ2n) is 7.45. The van der Waals surface area contributed by atoms with Crippen molar-refractivity contribution in [2.24, 2.45) is 0 Å². The molecule has 1 N–H and O–H groups in total. The highest BCUT2D eigenvalue weighted by atomic mass is 127. The Kier molecular flexibility index (Phi) is 7.30. The fraction of sp³-hybridized carbons (Fsp3) is 0.120. The van der Waals surface area contributed by atoms with Gasteiger partial charge in [0.15, 0.2) is 11.5 Å². The summed E-state index contributed by atoms with van der Waals surface area (Å²) in [5, 5.41) is 12.2. The molecule has 0 atom stereocenters. The number of hydrogen-bond acceptors (Lipinski definition) is 6. The van der Waals surface area contributed by atoms with Crippen LogP contribution < -0.4 is 19.9 Å². The molecule has 0 aliphatic carbocycles. The third-order valence-corrected chi connectivity index (χ3v) is 5.85. The number of para-hydroxylation sites is 1. The van der Waals surface area contributed by atoms with Crippen molar-refractivity contribution in [1.29, 1.82) is 0 Å². The van der Waals surface area contributed by atoms with Gasteiger partial charge in [-0.15, -0.1) is 0 Å². The Bertz CT molecular complexity index is 1330. The molecule has 178 valence electrons. The monoisotopic (exact) mass is 585 g/mol. The third kappa shape index (κ3) is 5.43. The Morgan fingerprint density at radius 2 is 1.83 bits per heavy atom. The van der Waals surface area contributed by atoms with Crippen molar-refractivity contribution in [2.45, 2.75) is 13.5 Å². The van der Waals surface area contributed by atoms with Crippen LogP contribution in [0, 0.1) is 13.7 Å². The summed E-state index contributed by atoms with van der Waals surface area (Å²) in [5.74, 6) is -0.0605. The maximum absolute atomic E-state index is 12.9. The molecule has 3 aromatic carbocycles. The van der Waals surface area contributed by atoms with Crippen LogP contribution in [0.4, 0.5) is 11.4 Å². The topological polar surface area (TPSA) is 111 Å². The number of carbonyl (C=O) groups is 2. The van der Waals surface area contributed by atoms with Gasteiger partial charge in [-0.3, -0.25) is 25.1 Å². The van der Waals surface area contributed by atoms with Gasteiger partial charge in [0.25, 0.3) is 17.5 Å². The molecule has 1 fully saturated rings. The van der Waals surface area contributed by atoms with Crippen LogP contribution in [-0.4, -0.2) is 23.3 Å². The largest absolute Gasteiger partial charge is 0.490 e. The average Bonchev–Trinajstić information content (AvgIpc) is 3.13. The van der Waals surface area contributed by atoms with E-state index in [-0.39, 0.29) is 17.9 Å². The predicted molar refractivity (Wildman–Crippen MR) is 138 cm³/mol. The Labute approximate surface area is 214 Å². The minimum atomic E-state index is -0.502. The first kappa shape index (κ1) is 24.2. The predicted octanol–water partition coefficient (Wildman–Crippen LogP) is 4.64. The molecule has 0 spiro atoms. The van der Waals surface area contributed by atoms with Gasteiger partial charge in [0.05, 0.1) is 20.8 Å². The Morgan fingerprint density at radius 3 is 2.54 bits per heavy atom. The number of amides is 2. The second kappa shape index (κ2) is 10.6. The van der Waals surface area contributed by atoms with Crippen molar-refractivity contribution in [3.63, 3.8) is 0 Å². The lowest BCUT2D eigenvalue weighted by Gasteiger charge is -2.15. The van der Waals surface area contributed by atoms with E-state index >= 15 is 0 Å². The lowest BCUT2D eigenvalue weighted by molar-refractivity contribution is -0.384. The number of nitrogens with one attached hydrogen (secondary N) is 1. The zero-order valence-corrected chi connectivity index (χ0v) is 20.7. The zero-order valence-electron chi connectivity index (χ0n) is 18.6. The Hall–Kier alpha value is -3.93. The molecule has 0 bridgehead atoms. The summed E-state index contributed by atoms with van der Waals surface area (Å²) in [6.07, 6.45) is 1.51. The number of carbonyl (C=O) groups excluding carboxylic acids is 2. The molecular formula is C25H20IN3O6. The average molecular weight is 585 g/mol.